The van der Waals surface area contributed by atoms with E-state index in [1.807, 2.05) is 30.6 Å². The maximum atomic E-state index is 14.8. The molecule has 0 bridgehead atoms. The lowest BCUT2D eigenvalue weighted by molar-refractivity contribution is 0.237. The maximum Gasteiger partial charge on any atom is 0.159 e. The Kier molecular flexibility index (Phi) is 8.31. The lowest BCUT2D eigenvalue weighted by Gasteiger charge is -2.15. The van der Waals surface area contributed by atoms with Gasteiger partial charge < -0.3 is 15.0 Å². The molecule has 6 heterocycles. The summed E-state index contributed by atoms with van der Waals surface area (Å²) in [6, 6.07) is 10.7. The van der Waals surface area contributed by atoms with Crippen molar-refractivity contribution in [1.29, 1.82) is 0 Å². The van der Waals surface area contributed by atoms with Crippen molar-refractivity contribution in [1.82, 2.24) is 45.3 Å². The molecule has 47 heavy (non-hydrogen) atoms. The molecule has 5 aromatic heterocycles. The van der Waals surface area contributed by atoms with Crippen molar-refractivity contribution in [3.8, 4) is 39.8 Å². The first-order chi connectivity index (χ1) is 23.2. The summed E-state index contributed by atoms with van der Waals surface area (Å²) in [7, 11) is 0. The van der Waals surface area contributed by atoms with Crippen LogP contribution in [0.4, 0.5) is 4.39 Å². The van der Waals surface area contributed by atoms with Gasteiger partial charge in [0.25, 0.3) is 0 Å². The Labute approximate surface area is 272 Å². The molecule has 240 valence electrons. The van der Waals surface area contributed by atoms with E-state index in [4.69, 9.17) is 14.7 Å². The number of aromatic amines is 2. The fourth-order valence-corrected chi connectivity index (χ4v) is 6.95. The Bertz CT molecular complexity index is 2010. The van der Waals surface area contributed by atoms with E-state index in [2.05, 4.69) is 41.4 Å². The normalized spacial score (nSPS) is 15.8. The monoisotopic (exact) mass is 631 g/mol. The van der Waals surface area contributed by atoms with Gasteiger partial charge in [0.2, 0.25) is 0 Å². The minimum Gasteiger partial charge on any atom is -0.492 e. The number of nitrogens with zero attached hydrogens (tertiary/aromatic N) is 6. The van der Waals surface area contributed by atoms with Crippen LogP contribution in [0.1, 0.15) is 44.1 Å². The van der Waals surface area contributed by atoms with Crippen LogP contribution in [-0.4, -0.2) is 72.8 Å². The number of pyridine rings is 3. The van der Waals surface area contributed by atoms with Crippen molar-refractivity contribution in [2.75, 3.05) is 32.8 Å². The second kappa shape index (κ2) is 13.2. The summed E-state index contributed by atoms with van der Waals surface area (Å²) >= 11 is 0. The molecule has 0 unspecified atom stereocenters. The molecule has 1 saturated carbocycles. The molecule has 1 aliphatic heterocycles. The zero-order valence-corrected chi connectivity index (χ0v) is 26.3. The number of ether oxygens (including phenoxy) is 1. The second-order valence-corrected chi connectivity index (χ2v) is 12.8. The number of rotatable bonds is 11. The quantitative estimate of drug-likeness (QED) is 0.148. The van der Waals surface area contributed by atoms with Crippen LogP contribution < -0.4 is 10.1 Å². The van der Waals surface area contributed by atoms with Crippen LogP contribution in [-0.2, 0) is 6.54 Å². The predicted octanol–water partition coefficient (Wildman–Crippen LogP) is 6.52. The summed E-state index contributed by atoms with van der Waals surface area (Å²) in [6.45, 7) is 5.36. The average Bonchev–Trinajstić information content (AvgIpc) is 3.91. The molecule has 1 saturated heterocycles. The predicted molar refractivity (Wildman–Crippen MR) is 180 cm³/mol. The van der Waals surface area contributed by atoms with Crippen LogP contribution in [0, 0.1) is 11.7 Å². The number of aromatic nitrogens is 7. The molecule has 0 radical (unpaired) electrons. The number of fused-ring (bicyclic) bond motifs is 2. The third-order valence-corrected chi connectivity index (χ3v) is 9.42. The van der Waals surface area contributed by atoms with E-state index in [-0.39, 0.29) is 5.82 Å². The van der Waals surface area contributed by atoms with Gasteiger partial charge in [-0.2, -0.15) is 5.10 Å². The number of imidazole rings is 1. The van der Waals surface area contributed by atoms with E-state index in [1.54, 1.807) is 12.4 Å². The second-order valence-electron chi connectivity index (χ2n) is 12.8. The summed E-state index contributed by atoms with van der Waals surface area (Å²) < 4.78 is 20.8. The Balaban J connectivity index is 1.05. The SMILES string of the molecule is Fc1cc(OCCN2CCCC2)cc(-c2nccc3[nH]c(-c4n[nH]c5cnc(-c6cncc(CNCC7CCCC7)c6)cc45)nc23)c1. The molecule has 0 amide bonds. The number of nitrogens with one attached hydrogen (secondary N) is 3. The molecule has 1 aliphatic carbocycles. The molecule has 0 atom stereocenters. The van der Waals surface area contributed by atoms with Crippen LogP contribution in [0.2, 0.25) is 0 Å². The molecule has 3 N–H and O–H groups in total. The van der Waals surface area contributed by atoms with Crippen molar-refractivity contribution >= 4 is 21.9 Å². The molecular weight excluding hydrogens is 593 g/mol. The summed E-state index contributed by atoms with van der Waals surface area (Å²) in [4.78, 5) is 24.5. The number of halogens is 1. The zero-order valence-electron chi connectivity index (χ0n) is 26.3. The van der Waals surface area contributed by atoms with Crippen LogP contribution in [0.5, 0.6) is 5.75 Å². The average molecular weight is 632 g/mol. The van der Waals surface area contributed by atoms with Crippen molar-refractivity contribution in [3.63, 3.8) is 0 Å². The lowest BCUT2D eigenvalue weighted by Crippen LogP contribution is -2.25. The van der Waals surface area contributed by atoms with Crippen LogP contribution >= 0.6 is 0 Å². The molecule has 1 aromatic carbocycles. The Hall–Kier alpha value is -4.74. The van der Waals surface area contributed by atoms with Gasteiger partial charge in [0.1, 0.15) is 29.4 Å². The Morgan fingerprint density at radius 1 is 0.915 bits per heavy atom. The minimum absolute atomic E-state index is 0.380. The fraction of sp³-hybridized carbons (Fsp3) is 0.361. The van der Waals surface area contributed by atoms with E-state index in [1.165, 1.54) is 50.7 Å². The van der Waals surface area contributed by atoms with Gasteiger partial charge in [-0.3, -0.25) is 25.0 Å². The van der Waals surface area contributed by atoms with Crippen molar-refractivity contribution in [2.45, 2.75) is 45.1 Å². The van der Waals surface area contributed by atoms with Gasteiger partial charge in [-0.15, -0.1) is 0 Å². The summed E-state index contributed by atoms with van der Waals surface area (Å²) in [6.07, 6.45) is 15.0. The summed E-state index contributed by atoms with van der Waals surface area (Å²) in [5.74, 6) is 1.47. The molecule has 6 aromatic rings. The first-order valence-electron chi connectivity index (χ1n) is 16.7. The summed E-state index contributed by atoms with van der Waals surface area (Å²) in [5.41, 5.74) is 6.92. The first kappa shape index (κ1) is 29.6. The van der Waals surface area contributed by atoms with Gasteiger partial charge in [-0.05, 0) is 87.1 Å². The number of H-pyrrole nitrogens is 2. The van der Waals surface area contributed by atoms with Gasteiger partial charge in [-0.25, -0.2) is 9.37 Å². The third-order valence-electron chi connectivity index (χ3n) is 9.42. The molecule has 8 rings (SSSR count). The highest BCUT2D eigenvalue weighted by molar-refractivity contribution is 5.96. The highest BCUT2D eigenvalue weighted by atomic mass is 19.1. The minimum atomic E-state index is -0.380. The van der Waals surface area contributed by atoms with E-state index >= 15 is 0 Å². The van der Waals surface area contributed by atoms with Gasteiger partial charge in [0.05, 0.1) is 28.6 Å². The molecule has 11 heteroatoms. The van der Waals surface area contributed by atoms with E-state index < -0.39 is 0 Å². The highest BCUT2D eigenvalue weighted by Gasteiger charge is 2.19. The van der Waals surface area contributed by atoms with Crippen molar-refractivity contribution in [3.05, 3.63) is 72.6 Å². The van der Waals surface area contributed by atoms with Crippen LogP contribution in [0.3, 0.4) is 0 Å². The van der Waals surface area contributed by atoms with E-state index in [0.29, 0.717) is 40.6 Å². The zero-order chi connectivity index (χ0) is 31.6. The fourth-order valence-electron chi connectivity index (χ4n) is 6.95. The molecule has 2 fully saturated rings. The van der Waals surface area contributed by atoms with E-state index in [9.17, 15) is 4.39 Å². The Morgan fingerprint density at radius 2 is 1.81 bits per heavy atom. The van der Waals surface area contributed by atoms with Crippen molar-refractivity contribution in [2.24, 2.45) is 5.92 Å². The molecule has 0 spiro atoms. The topological polar surface area (TPSA) is 121 Å². The van der Waals surface area contributed by atoms with E-state index in [0.717, 1.165) is 71.9 Å². The number of benzene rings is 1. The van der Waals surface area contributed by atoms with Gasteiger partial charge in [0, 0.05) is 54.3 Å². The number of likely N-dealkylation sites (tertiary alicyclic amines) is 1. The van der Waals surface area contributed by atoms with Crippen LogP contribution in [0.15, 0.2) is 61.2 Å². The molecule has 10 nitrogen and oxygen atoms in total. The maximum absolute atomic E-state index is 14.8. The number of hydrogen-bond acceptors (Lipinski definition) is 8. The molecular formula is C36H38FN9O. The largest absolute Gasteiger partial charge is 0.492 e. The van der Waals surface area contributed by atoms with Gasteiger partial charge in [-0.1, -0.05) is 12.8 Å². The third kappa shape index (κ3) is 6.45. The summed E-state index contributed by atoms with van der Waals surface area (Å²) in [5, 5.41) is 12.2. The van der Waals surface area contributed by atoms with Crippen molar-refractivity contribution < 1.29 is 9.13 Å². The molecule has 2 aliphatic rings. The lowest BCUT2D eigenvalue weighted by atomic mass is 10.1. The van der Waals surface area contributed by atoms with Crippen LogP contribution in [0.25, 0.3) is 56.0 Å². The van der Waals surface area contributed by atoms with Gasteiger partial charge in [0.15, 0.2) is 5.82 Å². The highest BCUT2D eigenvalue weighted by Crippen LogP contribution is 2.33. The first-order valence-corrected chi connectivity index (χ1v) is 16.7. The smallest absolute Gasteiger partial charge is 0.159 e. The van der Waals surface area contributed by atoms with Gasteiger partial charge >= 0.3 is 0 Å². The standard InChI is InChI=1S/C36H38FN9O/c37-27-14-25(15-28(16-27)47-12-11-46-9-3-4-10-46)33-35-30(7-8-40-33)42-36(43-35)34-29-17-31(41-22-32(29)44-45-34)26-13-24(20-39-21-26)19-38-18-23-5-1-2-6-23/h7-8,13-17,20-23,38H,1-6,9-12,18-19H2,(H,42,43)(H,44,45). The number of hydrogen-bond donors (Lipinski definition) is 3. The Morgan fingerprint density at radius 3 is 2.70 bits per heavy atom.